The van der Waals surface area contributed by atoms with Crippen LogP contribution in [0.1, 0.15) is 18.4 Å². The van der Waals surface area contributed by atoms with Gasteiger partial charge in [-0.2, -0.15) is 0 Å². The second kappa shape index (κ2) is 6.91. The Bertz CT molecular complexity index is 510. The van der Waals surface area contributed by atoms with Crippen molar-refractivity contribution < 1.29 is 9.59 Å². The maximum Gasteiger partial charge on any atom is 0.226 e. The number of amides is 2. The highest BCUT2D eigenvalue weighted by molar-refractivity contribution is 6.30. The summed E-state index contributed by atoms with van der Waals surface area (Å²) in [6, 6.07) is 7.20. The van der Waals surface area contributed by atoms with Crippen molar-refractivity contribution >= 4 is 23.4 Å². The molecule has 2 rings (SSSR count). The Morgan fingerprint density at radius 1 is 1.19 bits per heavy atom. The molecule has 0 bridgehead atoms. The zero-order chi connectivity index (χ0) is 15.4. The average Bonchev–Trinajstić information content (AvgIpc) is 2.46. The van der Waals surface area contributed by atoms with Crippen molar-refractivity contribution in [3.05, 3.63) is 34.9 Å². The summed E-state index contributed by atoms with van der Waals surface area (Å²) in [7, 11) is 0. The van der Waals surface area contributed by atoms with Gasteiger partial charge in [0.1, 0.15) is 0 Å². The smallest absolute Gasteiger partial charge is 0.226 e. The van der Waals surface area contributed by atoms with Crippen LogP contribution >= 0.6 is 11.6 Å². The first-order chi connectivity index (χ1) is 9.97. The number of nitrogens with two attached hydrogens (primary N) is 1. The predicted octanol–water partition coefficient (Wildman–Crippen LogP) is 1.07. The van der Waals surface area contributed by atoms with Gasteiger partial charge >= 0.3 is 0 Å². The lowest BCUT2D eigenvalue weighted by Crippen LogP contribution is -2.49. The van der Waals surface area contributed by atoms with E-state index in [0.29, 0.717) is 24.7 Å². The number of nitrogens with zero attached hydrogens (tertiary/aromatic N) is 2. The van der Waals surface area contributed by atoms with Crippen LogP contribution in [-0.2, 0) is 9.59 Å². The lowest BCUT2D eigenvalue weighted by Gasteiger charge is -2.35. The van der Waals surface area contributed by atoms with Crippen molar-refractivity contribution in [1.82, 2.24) is 9.80 Å². The minimum absolute atomic E-state index is 0.0961. The molecule has 0 unspecified atom stereocenters. The van der Waals surface area contributed by atoms with Crippen molar-refractivity contribution in [1.29, 1.82) is 0 Å². The van der Waals surface area contributed by atoms with E-state index in [1.54, 1.807) is 19.1 Å². The molecule has 1 heterocycles. The number of carbonyl (C=O) groups excluding carboxylic acids is 2. The Balaban J connectivity index is 2.00. The Kier molecular flexibility index (Phi) is 5.20. The summed E-state index contributed by atoms with van der Waals surface area (Å²) >= 11 is 5.87. The molecule has 0 aromatic heterocycles. The fourth-order valence-electron chi connectivity index (χ4n) is 2.56. The third-order valence-corrected chi connectivity index (χ3v) is 4.13. The Hall–Kier alpha value is -1.59. The van der Waals surface area contributed by atoms with Gasteiger partial charge in [-0.05, 0) is 17.7 Å². The summed E-state index contributed by atoms with van der Waals surface area (Å²) in [6.07, 6.45) is 0. The van der Waals surface area contributed by atoms with E-state index < -0.39 is 0 Å². The molecule has 2 N–H and O–H groups in total. The molecule has 5 nitrogen and oxygen atoms in total. The van der Waals surface area contributed by atoms with E-state index in [9.17, 15) is 9.59 Å². The van der Waals surface area contributed by atoms with Gasteiger partial charge in [0.15, 0.2) is 0 Å². The van der Waals surface area contributed by atoms with E-state index in [0.717, 1.165) is 18.7 Å². The van der Waals surface area contributed by atoms with Crippen molar-refractivity contribution in [2.45, 2.75) is 12.8 Å². The van der Waals surface area contributed by atoms with Crippen LogP contribution in [0.3, 0.4) is 0 Å². The molecule has 0 saturated carbocycles. The zero-order valence-corrected chi connectivity index (χ0v) is 12.8. The highest BCUT2D eigenvalue weighted by Gasteiger charge is 2.25. The van der Waals surface area contributed by atoms with Crippen molar-refractivity contribution in [3.8, 4) is 0 Å². The molecular weight excluding hydrogens is 290 g/mol. The van der Waals surface area contributed by atoms with E-state index in [2.05, 4.69) is 4.90 Å². The van der Waals surface area contributed by atoms with Gasteiger partial charge in [0, 0.05) is 44.7 Å². The van der Waals surface area contributed by atoms with Crippen molar-refractivity contribution in [2.75, 3.05) is 32.7 Å². The maximum atomic E-state index is 11.7. The molecule has 1 aliphatic rings. The molecule has 0 radical (unpaired) electrons. The standard InChI is InChI=1S/C15H20ClN3O2/c1-11(20)19-8-6-18(7-9-19)10-14(15(17)21)12-2-4-13(16)5-3-12/h2-5,14H,6-10H2,1H3,(H2,17,21)/t14-/m1/s1. The van der Waals surface area contributed by atoms with Gasteiger partial charge < -0.3 is 10.6 Å². The van der Waals surface area contributed by atoms with Crippen LogP contribution in [0.5, 0.6) is 0 Å². The van der Waals surface area contributed by atoms with Crippen LogP contribution in [0.15, 0.2) is 24.3 Å². The molecule has 1 saturated heterocycles. The number of hydrogen-bond acceptors (Lipinski definition) is 3. The number of hydrogen-bond donors (Lipinski definition) is 1. The van der Waals surface area contributed by atoms with E-state index in [4.69, 9.17) is 17.3 Å². The largest absolute Gasteiger partial charge is 0.369 e. The van der Waals surface area contributed by atoms with Crippen molar-refractivity contribution in [3.63, 3.8) is 0 Å². The van der Waals surface area contributed by atoms with Crippen LogP contribution in [0, 0.1) is 0 Å². The second-order valence-electron chi connectivity index (χ2n) is 5.31. The van der Waals surface area contributed by atoms with Crippen LogP contribution in [0.4, 0.5) is 0 Å². The first kappa shape index (κ1) is 15.8. The van der Waals surface area contributed by atoms with Crippen LogP contribution in [-0.4, -0.2) is 54.3 Å². The lowest BCUT2D eigenvalue weighted by atomic mass is 9.97. The molecule has 0 spiro atoms. The van der Waals surface area contributed by atoms with Gasteiger partial charge in [0.05, 0.1) is 5.92 Å². The summed E-state index contributed by atoms with van der Waals surface area (Å²) < 4.78 is 0. The Morgan fingerprint density at radius 2 is 1.76 bits per heavy atom. The van der Waals surface area contributed by atoms with Crippen LogP contribution in [0.2, 0.25) is 5.02 Å². The third-order valence-electron chi connectivity index (χ3n) is 3.87. The number of piperazine rings is 1. The number of benzene rings is 1. The third kappa shape index (κ3) is 4.19. The number of primary amides is 1. The molecular formula is C15H20ClN3O2. The Morgan fingerprint density at radius 3 is 2.24 bits per heavy atom. The van der Waals surface area contributed by atoms with E-state index >= 15 is 0 Å². The molecule has 1 aromatic carbocycles. The molecule has 1 fully saturated rings. The quantitative estimate of drug-likeness (QED) is 0.905. The SMILES string of the molecule is CC(=O)N1CCN(C[C@@H](C(N)=O)c2ccc(Cl)cc2)CC1. The van der Waals surface area contributed by atoms with Gasteiger partial charge in [0.2, 0.25) is 11.8 Å². The predicted molar refractivity (Wildman–Crippen MR) is 82.1 cm³/mol. The van der Waals surface area contributed by atoms with Gasteiger partial charge in [-0.3, -0.25) is 14.5 Å². The first-order valence-corrected chi connectivity index (χ1v) is 7.38. The van der Waals surface area contributed by atoms with Gasteiger partial charge in [-0.15, -0.1) is 0 Å². The first-order valence-electron chi connectivity index (χ1n) is 7.00. The summed E-state index contributed by atoms with van der Waals surface area (Å²) in [4.78, 5) is 27.0. The summed E-state index contributed by atoms with van der Waals surface area (Å²) in [5, 5.41) is 0.636. The second-order valence-corrected chi connectivity index (χ2v) is 5.75. The zero-order valence-electron chi connectivity index (χ0n) is 12.1. The lowest BCUT2D eigenvalue weighted by molar-refractivity contribution is -0.131. The number of carbonyl (C=O) groups is 2. The summed E-state index contributed by atoms with van der Waals surface area (Å²) in [5.41, 5.74) is 6.41. The van der Waals surface area contributed by atoms with E-state index in [1.165, 1.54) is 0 Å². The monoisotopic (exact) mass is 309 g/mol. The summed E-state index contributed by atoms with van der Waals surface area (Å²) in [5.74, 6) is -0.601. The molecule has 1 aromatic rings. The molecule has 1 atom stereocenters. The molecule has 21 heavy (non-hydrogen) atoms. The fraction of sp³-hybridized carbons (Fsp3) is 0.467. The average molecular weight is 310 g/mol. The summed E-state index contributed by atoms with van der Waals surface area (Å²) in [6.45, 7) is 5.06. The minimum Gasteiger partial charge on any atom is -0.369 e. The molecule has 6 heteroatoms. The van der Waals surface area contributed by atoms with Gasteiger partial charge in [-0.25, -0.2) is 0 Å². The molecule has 0 aliphatic carbocycles. The molecule has 2 amide bonds. The van der Waals surface area contributed by atoms with Gasteiger partial charge in [-0.1, -0.05) is 23.7 Å². The minimum atomic E-state index is -0.355. The van der Waals surface area contributed by atoms with Crippen molar-refractivity contribution in [2.24, 2.45) is 5.73 Å². The highest BCUT2D eigenvalue weighted by Crippen LogP contribution is 2.20. The topological polar surface area (TPSA) is 66.6 Å². The Labute approximate surface area is 129 Å². The molecule has 1 aliphatic heterocycles. The number of halogens is 1. The van der Waals surface area contributed by atoms with E-state index in [1.807, 2.05) is 17.0 Å². The molecule has 114 valence electrons. The van der Waals surface area contributed by atoms with E-state index in [-0.39, 0.29) is 17.7 Å². The highest BCUT2D eigenvalue weighted by atomic mass is 35.5. The van der Waals surface area contributed by atoms with Crippen LogP contribution in [0.25, 0.3) is 0 Å². The van der Waals surface area contributed by atoms with Gasteiger partial charge in [0.25, 0.3) is 0 Å². The number of rotatable bonds is 4. The fourth-order valence-corrected chi connectivity index (χ4v) is 2.68. The van der Waals surface area contributed by atoms with Crippen LogP contribution < -0.4 is 5.73 Å². The maximum absolute atomic E-state index is 11.7. The normalized spacial score (nSPS) is 17.5.